The highest BCUT2D eigenvalue weighted by atomic mass is 14.3. The number of rotatable bonds is 2. The molecule has 100 valence electrons. The molecule has 0 aromatic heterocycles. The van der Waals surface area contributed by atoms with E-state index < -0.39 is 0 Å². The van der Waals surface area contributed by atoms with Gasteiger partial charge in [0, 0.05) is 0 Å². The minimum absolute atomic E-state index is 0.407. The van der Waals surface area contributed by atoms with Crippen LogP contribution in [0.25, 0.3) is 0 Å². The van der Waals surface area contributed by atoms with Crippen molar-refractivity contribution < 1.29 is 0 Å². The smallest absolute Gasteiger partial charge is 0.0998 e. The third kappa shape index (κ3) is 3.83. The summed E-state index contributed by atoms with van der Waals surface area (Å²) >= 11 is 0. The highest BCUT2D eigenvalue weighted by Crippen LogP contribution is 2.20. The SMILES string of the molecule is CC1C=CC=C(/C=C(\C#N)C2=CC=CC(C)C=C2)C=C1. The Kier molecular flexibility index (Phi) is 4.74. The first-order valence-electron chi connectivity index (χ1n) is 6.94. The first-order valence-corrected chi connectivity index (χ1v) is 6.94. The van der Waals surface area contributed by atoms with Crippen LogP contribution in [0.2, 0.25) is 0 Å². The molecule has 0 aliphatic heterocycles. The van der Waals surface area contributed by atoms with Gasteiger partial charge in [-0.15, -0.1) is 0 Å². The van der Waals surface area contributed by atoms with Gasteiger partial charge >= 0.3 is 0 Å². The molecule has 0 N–H and O–H groups in total. The Morgan fingerprint density at radius 2 is 1.65 bits per heavy atom. The van der Waals surface area contributed by atoms with Gasteiger partial charge in [0.2, 0.25) is 0 Å². The van der Waals surface area contributed by atoms with E-state index in [0.29, 0.717) is 17.4 Å². The van der Waals surface area contributed by atoms with Crippen molar-refractivity contribution in [3.05, 3.63) is 83.6 Å². The zero-order chi connectivity index (χ0) is 14.4. The van der Waals surface area contributed by atoms with E-state index in [0.717, 1.165) is 11.1 Å². The molecule has 2 aliphatic carbocycles. The van der Waals surface area contributed by atoms with Crippen LogP contribution in [-0.4, -0.2) is 0 Å². The van der Waals surface area contributed by atoms with Crippen molar-refractivity contribution in [1.82, 2.24) is 0 Å². The molecule has 1 heteroatoms. The van der Waals surface area contributed by atoms with E-state index in [1.54, 1.807) is 0 Å². The number of allylic oxidation sites excluding steroid dienone is 14. The molecule has 0 saturated carbocycles. The quantitative estimate of drug-likeness (QED) is 0.654. The number of nitrogens with zero attached hydrogens (tertiary/aromatic N) is 1. The highest BCUT2D eigenvalue weighted by Gasteiger charge is 2.05. The maximum atomic E-state index is 9.40. The van der Waals surface area contributed by atoms with Crippen LogP contribution in [0.1, 0.15) is 13.8 Å². The van der Waals surface area contributed by atoms with E-state index in [2.05, 4.69) is 50.3 Å². The molecule has 0 heterocycles. The van der Waals surface area contributed by atoms with Gasteiger partial charge in [0.05, 0.1) is 11.6 Å². The zero-order valence-corrected chi connectivity index (χ0v) is 12.0. The van der Waals surface area contributed by atoms with Gasteiger partial charge in [0.15, 0.2) is 0 Å². The molecule has 2 aliphatic rings. The van der Waals surface area contributed by atoms with Crippen molar-refractivity contribution >= 4 is 0 Å². The zero-order valence-electron chi connectivity index (χ0n) is 12.0. The van der Waals surface area contributed by atoms with Crippen molar-refractivity contribution in [2.24, 2.45) is 11.8 Å². The van der Waals surface area contributed by atoms with E-state index >= 15 is 0 Å². The third-order valence-electron chi connectivity index (χ3n) is 3.31. The summed E-state index contributed by atoms with van der Waals surface area (Å²) in [6, 6.07) is 2.30. The summed E-state index contributed by atoms with van der Waals surface area (Å²) in [5, 5.41) is 9.40. The second-order valence-corrected chi connectivity index (χ2v) is 5.16. The van der Waals surface area contributed by atoms with Gasteiger partial charge in [-0.1, -0.05) is 74.6 Å². The van der Waals surface area contributed by atoms with Crippen LogP contribution in [0.3, 0.4) is 0 Å². The Morgan fingerprint density at radius 3 is 2.35 bits per heavy atom. The van der Waals surface area contributed by atoms with Gasteiger partial charge in [-0.3, -0.25) is 0 Å². The molecular weight excluding hydrogens is 242 g/mol. The Morgan fingerprint density at radius 1 is 1.00 bits per heavy atom. The highest BCUT2D eigenvalue weighted by molar-refractivity contribution is 5.55. The maximum Gasteiger partial charge on any atom is 0.0998 e. The first-order chi connectivity index (χ1) is 9.69. The predicted molar refractivity (Wildman–Crippen MR) is 84.8 cm³/mol. The molecule has 0 aromatic carbocycles. The van der Waals surface area contributed by atoms with Crippen molar-refractivity contribution in [2.75, 3.05) is 0 Å². The fraction of sp³-hybridized carbons (Fsp3) is 0.211. The van der Waals surface area contributed by atoms with Gasteiger partial charge < -0.3 is 0 Å². The normalized spacial score (nSPS) is 25.6. The molecule has 20 heavy (non-hydrogen) atoms. The lowest BCUT2D eigenvalue weighted by atomic mass is 10.0. The first kappa shape index (κ1) is 14.1. The molecule has 2 unspecified atom stereocenters. The lowest BCUT2D eigenvalue weighted by Gasteiger charge is -2.00. The van der Waals surface area contributed by atoms with Gasteiger partial charge in [0.25, 0.3) is 0 Å². The largest absolute Gasteiger partial charge is 0.192 e. The topological polar surface area (TPSA) is 23.8 Å². The Hall–Kier alpha value is -2.33. The van der Waals surface area contributed by atoms with Crippen LogP contribution in [0.15, 0.2) is 83.6 Å². The summed E-state index contributed by atoms with van der Waals surface area (Å²) in [6.07, 6.45) is 22.6. The Balaban J connectivity index is 2.30. The van der Waals surface area contributed by atoms with Crippen LogP contribution < -0.4 is 0 Å². The average molecular weight is 261 g/mol. The van der Waals surface area contributed by atoms with Crippen molar-refractivity contribution in [1.29, 1.82) is 5.26 Å². The van der Waals surface area contributed by atoms with E-state index in [4.69, 9.17) is 0 Å². The van der Waals surface area contributed by atoms with E-state index in [-0.39, 0.29) is 0 Å². The Labute approximate surface area is 121 Å². The number of hydrogen-bond acceptors (Lipinski definition) is 1. The summed E-state index contributed by atoms with van der Waals surface area (Å²) in [5.41, 5.74) is 2.71. The molecule has 2 rings (SSSR count). The summed E-state index contributed by atoms with van der Waals surface area (Å²) in [6.45, 7) is 4.27. The molecule has 1 nitrogen and oxygen atoms in total. The second-order valence-electron chi connectivity index (χ2n) is 5.16. The van der Waals surface area contributed by atoms with Crippen LogP contribution in [-0.2, 0) is 0 Å². The molecule has 0 amide bonds. The monoisotopic (exact) mass is 261 g/mol. The molecule has 0 spiro atoms. The summed E-state index contributed by atoms with van der Waals surface area (Å²) in [4.78, 5) is 0. The molecule has 0 aromatic rings. The third-order valence-corrected chi connectivity index (χ3v) is 3.31. The minimum atomic E-state index is 0.407. The number of hydrogen-bond donors (Lipinski definition) is 0. The predicted octanol–water partition coefficient (Wildman–Crippen LogP) is 4.81. The molecular formula is C19H19N. The van der Waals surface area contributed by atoms with Crippen LogP contribution >= 0.6 is 0 Å². The van der Waals surface area contributed by atoms with Crippen LogP contribution in [0.5, 0.6) is 0 Å². The van der Waals surface area contributed by atoms with Crippen molar-refractivity contribution in [3.63, 3.8) is 0 Å². The second kappa shape index (κ2) is 6.73. The van der Waals surface area contributed by atoms with Gasteiger partial charge in [0.1, 0.15) is 0 Å². The molecule has 0 radical (unpaired) electrons. The maximum absolute atomic E-state index is 9.40. The standard InChI is InChI=1S/C19H19N/c1-15-5-3-7-17(11-9-15)13-19(14-20)18-8-4-6-16(2)10-12-18/h3-13,15-16H,1-2H3/b19-13+. The summed E-state index contributed by atoms with van der Waals surface area (Å²) in [5.74, 6) is 0.841. The van der Waals surface area contributed by atoms with Crippen molar-refractivity contribution in [3.8, 4) is 6.07 Å². The van der Waals surface area contributed by atoms with Gasteiger partial charge in [-0.05, 0) is 29.1 Å². The van der Waals surface area contributed by atoms with E-state index in [1.165, 1.54) is 0 Å². The molecule has 2 atom stereocenters. The fourth-order valence-electron chi connectivity index (χ4n) is 2.06. The Bertz CT molecular complexity index is 613. The minimum Gasteiger partial charge on any atom is -0.192 e. The summed E-state index contributed by atoms with van der Waals surface area (Å²) < 4.78 is 0. The lowest BCUT2D eigenvalue weighted by Crippen LogP contribution is -1.86. The molecule has 0 saturated heterocycles. The van der Waals surface area contributed by atoms with Crippen LogP contribution in [0, 0.1) is 23.2 Å². The van der Waals surface area contributed by atoms with E-state index in [1.807, 2.05) is 36.5 Å². The average Bonchev–Trinajstić information content (AvgIpc) is 2.77. The molecule has 0 fully saturated rings. The lowest BCUT2D eigenvalue weighted by molar-refractivity contribution is 0.942. The fourth-order valence-corrected chi connectivity index (χ4v) is 2.06. The van der Waals surface area contributed by atoms with Gasteiger partial charge in [-0.25, -0.2) is 0 Å². The van der Waals surface area contributed by atoms with E-state index in [9.17, 15) is 5.26 Å². The van der Waals surface area contributed by atoms with Crippen molar-refractivity contribution in [2.45, 2.75) is 13.8 Å². The number of nitriles is 1. The van der Waals surface area contributed by atoms with Gasteiger partial charge in [-0.2, -0.15) is 5.26 Å². The van der Waals surface area contributed by atoms with Crippen LogP contribution in [0.4, 0.5) is 0 Å². The summed E-state index contributed by atoms with van der Waals surface area (Å²) in [7, 11) is 0. The molecule has 0 bridgehead atoms.